The highest BCUT2D eigenvalue weighted by Gasteiger charge is 2.04. The van der Waals surface area contributed by atoms with E-state index in [4.69, 9.17) is 15.4 Å². The predicted molar refractivity (Wildman–Crippen MR) is 45.3 cm³/mol. The third-order valence-electron chi connectivity index (χ3n) is 0.923. The van der Waals surface area contributed by atoms with Gasteiger partial charge in [-0.2, -0.15) is 0 Å². The van der Waals surface area contributed by atoms with Crippen LogP contribution >= 0.6 is 10.7 Å². The Morgan fingerprint density at radius 1 is 1.45 bits per heavy atom. The van der Waals surface area contributed by atoms with Crippen LogP contribution in [0.1, 0.15) is 13.8 Å². The van der Waals surface area contributed by atoms with Crippen LogP contribution in [-0.2, 0) is 13.8 Å². The summed E-state index contributed by atoms with van der Waals surface area (Å²) in [6.45, 7) is 4.75. The summed E-state index contributed by atoms with van der Waals surface area (Å²) in [6, 6.07) is 0. The highest BCUT2D eigenvalue weighted by molar-refractivity contribution is 8.13. The molecule has 0 heterocycles. The molecule has 0 aliphatic heterocycles. The Bertz CT molecular complexity index is 186. The van der Waals surface area contributed by atoms with Crippen LogP contribution in [0.4, 0.5) is 0 Å². The van der Waals surface area contributed by atoms with Gasteiger partial charge in [0.1, 0.15) is 0 Å². The molecule has 0 N–H and O–H groups in total. The van der Waals surface area contributed by atoms with Gasteiger partial charge in [-0.15, -0.1) is 0 Å². The molecule has 0 aliphatic rings. The van der Waals surface area contributed by atoms with Crippen molar-refractivity contribution in [2.45, 2.75) is 13.8 Å². The molecular formula is C6H13ClO3S. The largest absolute Gasteiger partial charge is 0.380 e. The third-order valence-corrected chi connectivity index (χ3v) is 2.04. The molecule has 0 fully saturated rings. The van der Waals surface area contributed by atoms with Crippen molar-refractivity contribution in [3.63, 3.8) is 0 Å². The summed E-state index contributed by atoms with van der Waals surface area (Å²) in [5, 5.41) is 0. The summed E-state index contributed by atoms with van der Waals surface area (Å²) in [4.78, 5) is 0. The van der Waals surface area contributed by atoms with Crippen LogP contribution in [0.2, 0.25) is 0 Å². The number of halogens is 1. The number of hydrogen-bond acceptors (Lipinski definition) is 3. The SMILES string of the molecule is CC(C)COCCS(=O)(=O)Cl. The van der Waals surface area contributed by atoms with Gasteiger partial charge < -0.3 is 4.74 Å². The van der Waals surface area contributed by atoms with Crippen molar-refractivity contribution in [3.05, 3.63) is 0 Å². The fourth-order valence-corrected chi connectivity index (χ4v) is 0.983. The van der Waals surface area contributed by atoms with Crippen LogP contribution < -0.4 is 0 Å². The molecule has 3 nitrogen and oxygen atoms in total. The van der Waals surface area contributed by atoms with Crippen molar-refractivity contribution >= 4 is 19.7 Å². The molecule has 0 aliphatic carbocycles. The molecule has 0 spiro atoms. The monoisotopic (exact) mass is 200 g/mol. The van der Waals surface area contributed by atoms with Crippen LogP contribution in [0.25, 0.3) is 0 Å². The maximum absolute atomic E-state index is 10.4. The van der Waals surface area contributed by atoms with Gasteiger partial charge in [-0.05, 0) is 5.92 Å². The Balaban J connectivity index is 3.30. The Labute approximate surface area is 72.1 Å². The Kier molecular flexibility index (Phi) is 5.04. The van der Waals surface area contributed by atoms with Crippen LogP contribution in [0.5, 0.6) is 0 Å². The third kappa shape index (κ3) is 10.2. The number of ether oxygens (including phenoxy) is 1. The van der Waals surface area contributed by atoms with Gasteiger partial charge in [0.2, 0.25) is 9.05 Å². The van der Waals surface area contributed by atoms with Gasteiger partial charge in [-0.1, -0.05) is 13.8 Å². The molecule has 0 bridgehead atoms. The molecule has 0 saturated heterocycles. The Morgan fingerprint density at radius 3 is 2.36 bits per heavy atom. The maximum atomic E-state index is 10.4. The minimum atomic E-state index is -3.37. The second-order valence-electron chi connectivity index (χ2n) is 2.71. The lowest BCUT2D eigenvalue weighted by atomic mass is 10.2. The highest BCUT2D eigenvalue weighted by atomic mass is 35.7. The molecule has 0 rings (SSSR count). The van der Waals surface area contributed by atoms with Crippen LogP contribution in [-0.4, -0.2) is 27.4 Å². The molecule has 0 unspecified atom stereocenters. The summed E-state index contributed by atoms with van der Waals surface area (Å²) < 4.78 is 25.7. The molecule has 0 aromatic carbocycles. The molecular weight excluding hydrogens is 188 g/mol. The Morgan fingerprint density at radius 2 is 2.00 bits per heavy atom. The van der Waals surface area contributed by atoms with Crippen LogP contribution in [0, 0.1) is 5.92 Å². The lowest BCUT2D eigenvalue weighted by Crippen LogP contribution is -2.09. The average molecular weight is 201 g/mol. The average Bonchev–Trinajstić information content (AvgIpc) is 1.78. The van der Waals surface area contributed by atoms with E-state index in [0.717, 1.165) is 0 Å². The van der Waals surface area contributed by atoms with Gasteiger partial charge in [0.15, 0.2) is 0 Å². The lowest BCUT2D eigenvalue weighted by Gasteiger charge is -2.04. The number of hydrogen-bond donors (Lipinski definition) is 0. The van der Waals surface area contributed by atoms with E-state index in [1.54, 1.807) is 0 Å². The fraction of sp³-hybridized carbons (Fsp3) is 1.00. The minimum Gasteiger partial charge on any atom is -0.380 e. The van der Waals surface area contributed by atoms with Gasteiger partial charge in [-0.3, -0.25) is 0 Å². The van der Waals surface area contributed by atoms with Gasteiger partial charge in [0.05, 0.1) is 12.4 Å². The second kappa shape index (κ2) is 4.95. The van der Waals surface area contributed by atoms with E-state index in [9.17, 15) is 8.42 Å². The first-order chi connectivity index (χ1) is 4.92. The zero-order valence-electron chi connectivity index (χ0n) is 6.71. The van der Waals surface area contributed by atoms with Crippen molar-refractivity contribution in [1.29, 1.82) is 0 Å². The second-order valence-corrected chi connectivity index (χ2v) is 5.61. The van der Waals surface area contributed by atoms with Crippen molar-refractivity contribution in [3.8, 4) is 0 Å². The summed E-state index contributed by atoms with van der Waals surface area (Å²) in [6.07, 6.45) is 0. The molecule has 0 atom stereocenters. The molecule has 5 heteroatoms. The Hall–Kier alpha value is 0.200. The van der Waals surface area contributed by atoms with Crippen molar-refractivity contribution < 1.29 is 13.2 Å². The smallest absolute Gasteiger partial charge is 0.234 e. The first-order valence-corrected chi connectivity index (χ1v) is 5.90. The highest BCUT2D eigenvalue weighted by Crippen LogP contribution is 1.97. The molecule has 0 aromatic rings. The summed E-state index contributed by atoms with van der Waals surface area (Å²) in [7, 11) is 1.57. The summed E-state index contributed by atoms with van der Waals surface area (Å²) >= 11 is 0. The summed E-state index contributed by atoms with van der Waals surface area (Å²) in [5.41, 5.74) is 0. The molecule has 68 valence electrons. The van der Waals surface area contributed by atoms with Crippen molar-refractivity contribution in [2.24, 2.45) is 5.92 Å². The molecule has 0 aromatic heterocycles. The standard InChI is InChI=1S/C6H13ClO3S/c1-6(2)5-10-3-4-11(7,8)9/h6H,3-5H2,1-2H3. The van der Waals surface area contributed by atoms with Gasteiger partial charge in [0.25, 0.3) is 0 Å². The van der Waals surface area contributed by atoms with E-state index in [-0.39, 0.29) is 12.4 Å². The number of rotatable bonds is 5. The van der Waals surface area contributed by atoms with Gasteiger partial charge >= 0.3 is 0 Å². The van der Waals surface area contributed by atoms with Crippen molar-refractivity contribution in [2.75, 3.05) is 19.0 Å². The molecule has 0 saturated carbocycles. The normalized spacial score (nSPS) is 12.4. The van der Waals surface area contributed by atoms with E-state index in [1.165, 1.54) is 0 Å². The minimum absolute atomic E-state index is 0.110. The quantitative estimate of drug-likeness (QED) is 0.495. The topological polar surface area (TPSA) is 43.4 Å². The van der Waals surface area contributed by atoms with E-state index in [2.05, 4.69) is 0 Å². The molecule has 0 radical (unpaired) electrons. The first kappa shape index (κ1) is 11.2. The summed E-state index contributed by atoms with van der Waals surface area (Å²) in [5.74, 6) is 0.314. The zero-order valence-corrected chi connectivity index (χ0v) is 8.28. The van der Waals surface area contributed by atoms with E-state index < -0.39 is 9.05 Å². The van der Waals surface area contributed by atoms with Crippen molar-refractivity contribution in [1.82, 2.24) is 0 Å². The molecule has 0 amide bonds. The van der Waals surface area contributed by atoms with E-state index in [1.807, 2.05) is 13.8 Å². The zero-order chi connectivity index (χ0) is 8.91. The van der Waals surface area contributed by atoms with Gasteiger partial charge in [0, 0.05) is 17.3 Å². The van der Waals surface area contributed by atoms with Crippen LogP contribution in [0.3, 0.4) is 0 Å². The maximum Gasteiger partial charge on any atom is 0.234 e. The predicted octanol–water partition coefficient (Wildman–Crippen LogP) is 1.23. The fourth-order valence-electron chi connectivity index (χ4n) is 0.477. The molecule has 11 heavy (non-hydrogen) atoms. The van der Waals surface area contributed by atoms with E-state index >= 15 is 0 Å². The van der Waals surface area contributed by atoms with Crippen LogP contribution in [0.15, 0.2) is 0 Å². The first-order valence-electron chi connectivity index (χ1n) is 3.42. The van der Waals surface area contributed by atoms with E-state index in [0.29, 0.717) is 12.5 Å². The lowest BCUT2D eigenvalue weighted by molar-refractivity contribution is 0.123. The van der Waals surface area contributed by atoms with Gasteiger partial charge in [-0.25, -0.2) is 8.42 Å².